The van der Waals surface area contributed by atoms with Gasteiger partial charge in [-0.05, 0) is 61.0 Å². The average molecular weight is 378 g/mol. The molecule has 120 valence electrons. The van der Waals surface area contributed by atoms with E-state index in [0.717, 1.165) is 0 Å². The summed E-state index contributed by atoms with van der Waals surface area (Å²) in [5, 5.41) is 2.94. The Kier molecular flexibility index (Phi) is 5.15. The molecule has 0 aromatic heterocycles. The van der Waals surface area contributed by atoms with Crippen LogP contribution in [0.4, 0.5) is 5.69 Å². The molecule has 0 bridgehead atoms. The van der Waals surface area contributed by atoms with E-state index in [1.807, 2.05) is 0 Å². The predicted molar refractivity (Wildman–Crippen MR) is 90.4 cm³/mol. The van der Waals surface area contributed by atoms with E-state index >= 15 is 0 Å². The number of carbonyl (C=O) groups is 3. The zero-order valence-corrected chi connectivity index (χ0v) is 14.6. The minimum Gasteiger partial charge on any atom is -0.462 e. The van der Waals surface area contributed by atoms with Gasteiger partial charge >= 0.3 is 5.97 Å². The van der Waals surface area contributed by atoms with Crippen molar-refractivity contribution in [1.82, 2.24) is 0 Å². The fraction of sp³-hybridized carbons (Fsp3) is 0.235. The molecule has 0 aliphatic heterocycles. The van der Waals surface area contributed by atoms with Crippen molar-refractivity contribution in [1.29, 1.82) is 0 Å². The number of nitrogens with one attached hydrogen (secondary N) is 1. The molecule has 0 amide bonds. The number of allylic oxidation sites excluding steroid dienone is 3. The first-order chi connectivity index (χ1) is 10.9. The first-order valence-corrected chi connectivity index (χ1v) is 7.87. The van der Waals surface area contributed by atoms with E-state index in [-0.39, 0.29) is 21.7 Å². The number of ether oxygens (including phenoxy) is 1. The molecule has 1 N–H and O–H groups in total. The van der Waals surface area contributed by atoms with E-state index in [0.29, 0.717) is 29.0 Å². The van der Waals surface area contributed by atoms with Crippen LogP contribution in [-0.4, -0.2) is 24.1 Å². The summed E-state index contributed by atoms with van der Waals surface area (Å²) in [5.74, 6) is -0.853. The summed E-state index contributed by atoms with van der Waals surface area (Å²) in [6.07, 6.45) is 0. The standard InChI is InChI=1S/C17H16BrNO4/c1-4-23-17(22)11-5-7-12(8-6-11)19-14-13(18)15(20)9(2)10(3)16(14)21/h5-8,19H,4H2,1-3H3. The van der Waals surface area contributed by atoms with Crippen LogP contribution in [0, 0.1) is 0 Å². The maximum absolute atomic E-state index is 12.3. The Balaban J connectivity index is 2.24. The molecule has 0 spiro atoms. The molecule has 0 saturated carbocycles. The van der Waals surface area contributed by atoms with Crippen LogP contribution in [0.2, 0.25) is 0 Å². The average Bonchev–Trinajstić information content (AvgIpc) is 2.56. The second-order valence-electron chi connectivity index (χ2n) is 5.02. The van der Waals surface area contributed by atoms with E-state index in [9.17, 15) is 14.4 Å². The molecule has 6 heteroatoms. The number of anilines is 1. The maximum Gasteiger partial charge on any atom is 0.338 e. The number of Topliss-reactive ketones (excluding diaryl/α,β-unsaturated/α-hetero) is 2. The molecule has 1 aromatic carbocycles. The lowest BCUT2D eigenvalue weighted by molar-refractivity contribution is -0.115. The molecule has 1 aliphatic rings. The first-order valence-electron chi connectivity index (χ1n) is 7.07. The lowest BCUT2D eigenvalue weighted by Crippen LogP contribution is -2.24. The zero-order chi connectivity index (χ0) is 17.1. The Morgan fingerprint density at radius 2 is 1.65 bits per heavy atom. The van der Waals surface area contributed by atoms with E-state index in [1.165, 1.54) is 0 Å². The summed E-state index contributed by atoms with van der Waals surface area (Å²) in [4.78, 5) is 36.0. The monoisotopic (exact) mass is 377 g/mol. The topological polar surface area (TPSA) is 72.5 Å². The Labute approximate surface area is 142 Å². The van der Waals surface area contributed by atoms with Crippen molar-refractivity contribution in [2.75, 3.05) is 11.9 Å². The predicted octanol–water partition coefficient (Wildman–Crippen LogP) is 3.37. The van der Waals surface area contributed by atoms with Crippen LogP contribution in [0.25, 0.3) is 0 Å². The highest BCUT2D eigenvalue weighted by Gasteiger charge is 2.29. The molecule has 0 heterocycles. The third-order valence-corrected chi connectivity index (χ3v) is 4.31. The highest BCUT2D eigenvalue weighted by Crippen LogP contribution is 2.29. The van der Waals surface area contributed by atoms with Gasteiger partial charge < -0.3 is 10.1 Å². The number of hydrogen-bond donors (Lipinski definition) is 1. The number of hydrogen-bond acceptors (Lipinski definition) is 5. The van der Waals surface area contributed by atoms with Gasteiger partial charge in [0.15, 0.2) is 5.78 Å². The molecule has 1 aromatic rings. The first kappa shape index (κ1) is 17.1. The van der Waals surface area contributed by atoms with Gasteiger partial charge in [0, 0.05) is 16.8 Å². The largest absolute Gasteiger partial charge is 0.462 e. The van der Waals surface area contributed by atoms with Crippen molar-refractivity contribution in [3.05, 3.63) is 51.2 Å². The van der Waals surface area contributed by atoms with Gasteiger partial charge in [0.05, 0.1) is 16.7 Å². The minimum absolute atomic E-state index is 0.196. The van der Waals surface area contributed by atoms with Crippen molar-refractivity contribution in [3.63, 3.8) is 0 Å². The van der Waals surface area contributed by atoms with E-state index in [4.69, 9.17) is 4.74 Å². The number of ketones is 2. The van der Waals surface area contributed by atoms with Gasteiger partial charge in [-0.25, -0.2) is 4.79 Å². The summed E-state index contributed by atoms with van der Waals surface area (Å²) in [7, 11) is 0. The van der Waals surface area contributed by atoms with Gasteiger partial charge in [0.1, 0.15) is 5.70 Å². The number of benzene rings is 1. The SMILES string of the molecule is CCOC(=O)c1ccc(NC2=C(Br)C(=O)C(C)=C(C)C2=O)cc1. The summed E-state index contributed by atoms with van der Waals surface area (Å²) in [5.41, 5.74) is 2.07. The Bertz CT molecular complexity index is 744. The van der Waals surface area contributed by atoms with Crippen molar-refractivity contribution >= 4 is 39.2 Å². The van der Waals surface area contributed by atoms with Crippen molar-refractivity contribution in [3.8, 4) is 0 Å². The van der Waals surface area contributed by atoms with Crippen LogP contribution in [-0.2, 0) is 14.3 Å². The van der Waals surface area contributed by atoms with Gasteiger partial charge in [-0.2, -0.15) is 0 Å². The van der Waals surface area contributed by atoms with Gasteiger partial charge in [-0.15, -0.1) is 0 Å². The fourth-order valence-electron chi connectivity index (χ4n) is 2.07. The molecule has 23 heavy (non-hydrogen) atoms. The van der Waals surface area contributed by atoms with Crippen LogP contribution in [0.1, 0.15) is 31.1 Å². The lowest BCUT2D eigenvalue weighted by atomic mass is 9.95. The molecule has 2 rings (SSSR count). The van der Waals surface area contributed by atoms with Crippen molar-refractivity contribution in [2.45, 2.75) is 20.8 Å². The smallest absolute Gasteiger partial charge is 0.338 e. The van der Waals surface area contributed by atoms with Crippen molar-refractivity contribution < 1.29 is 19.1 Å². The Morgan fingerprint density at radius 3 is 2.22 bits per heavy atom. The van der Waals surface area contributed by atoms with Crippen molar-refractivity contribution in [2.24, 2.45) is 0 Å². The molecule has 0 saturated heterocycles. The maximum atomic E-state index is 12.3. The second-order valence-corrected chi connectivity index (χ2v) is 5.81. The van der Waals surface area contributed by atoms with Crippen LogP contribution in [0.5, 0.6) is 0 Å². The Hall–Kier alpha value is -2.21. The molecule has 5 nitrogen and oxygen atoms in total. The fourth-order valence-corrected chi connectivity index (χ4v) is 2.64. The summed E-state index contributed by atoms with van der Waals surface area (Å²) in [6, 6.07) is 6.49. The van der Waals surface area contributed by atoms with E-state index < -0.39 is 5.97 Å². The second kappa shape index (κ2) is 6.91. The number of halogens is 1. The number of esters is 1. The van der Waals surface area contributed by atoms with Crippen LogP contribution >= 0.6 is 15.9 Å². The summed E-state index contributed by atoms with van der Waals surface area (Å²) >= 11 is 3.18. The van der Waals surface area contributed by atoms with E-state index in [2.05, 4.69) is 21.2 Å². The molecule has 0 radical (unpaired) electrons. The van der Waals surface area contributed by atoms with Gasteiger partial charge in [0.25, 0.3) is 0 Å². The highest BCUT2D eigenvalue weighted by molar-refractivity contribution is 9.12. The highest BCUT2D eigenvalue weighted by atomic mass is 79.9. The normalized spacial score (nSPS) is 15.1. The van der Waals surface area contributed by atoms with Gasteiger partial charge in [-0.3, -0.25) is 9.59 Å². The number of carbonyl (C=O) groups excluding carboxylic acids is 3. The molecule has 1 aliphatic carbocycles. The number of rotatable bonds is 4. The third-order valence-electron chi connectivity index (χ3n) is 3.55. The van der Waals surface area contributed by atoms with E-state index in [1.54, 1.807) is 45.0 Å². The lowest BCUT2D eigenvalue weighted by Gasteiger charge is -2.18. The summed E-state index contributed by atoms with van der Waals surface area (Å²) in [6.45, 7) is 5.30. The summed E-state index contributed by atoms with van der Waals surface area (Å²) < 4.78 is 5.12. The molecular weight excluding hydrogens is 362 g/mol. The molecule has 0 unspecified atom stereocenters. The quantitative estimate of drug-likeness (QED) is 0.643. The van der Waals surface area contributed by atoms with Crippen LogP contribution in [0.3, 0.4) is 0 Å². The zero-order valence-electron chi connectivity index (χ0n) is 13.0. The molecule has 0 atom stereocenters. The molecule has 0 fully saturated rings. The van der Waals surface area contributed by atoms with Gasteiger partial charge in [-0.1, -0.05) is 0 Å². The minimum atomic E-state index is -0.405. The van der Waals surface area contributed by atoms with Crippen LogP contribution in [0.15, 0.2) is 45.6 Å². The third kappa shape index (κ3) is 3.42. The molecular formula is C17H16BrNO4. The van der Waals surface area contributed by atoms with Gasteiger partial charge in [0.2, 0.25) is 5.78 Å². The Morgan fingerprint density at radius 1 is 1.09 bits per heavy atom. The van der Waals surface area contributed by atoms with Crippen LogP contribution < -0.4 is 5.32 Å².